The number of hydrogen-bond donors (Lipinski definition) is 1. The first-order chi connectivity index (χ1) is 15.5. The first-order valence-corrected chi connectivity index (χ1v) is 11.5. The molecular formula is C25H31ClN2O4. The number of methoxy groups -OCH3 is 2. The summed E-state index contributed by atoms with van der Waals surface area (Å²) in [4.78, 5) is 28.3. The summed E-state index contributed by atoms with van der Waals surface area (Å²) >= 11 is 6.02. The van der Waals surface area contributed by atoms with Crippen molar-refractivity contribution in [1.29, 1.82) is 0 Å². The molecule has 3 rings (SSSR count). The van der Waals surface area contributed by atoms with Gasteiger partial charge >= 0.3 is 0 Å². The minimum Gasteiger partial charge on any atom is -0.497 e. The SMILES string of the molecule is COc1ccc(C(C(=O)NC2CCCCC2)N(C(=O)CCl)c2cc(C)ccc2OC)cc1. The Kier molecular flexibility index (Phi) is 8.39. The van der Waals surface area contributed by atoms with Gasteiger partial charge in [0.05, 0.1) is 19.9 Å². The van der Waals surface area contributed by atoms with Gasteiger partial charge in [0.15, 0.2) is 0 Å². The van der Waals surface area contributed by atoms with Crippen molar-refractivity contribution in [3.63, 3.8) is 0 Å². The quantitative estimate of drug-likeness (QED) is 0.578. The molecule has 1 aliphatic rings. The second kappa shape index (κ2) is 11.2. The Morgan fingerprint density at radius 2 is 1.75 bits per heavy atom. The molecule has 1 fully saturated rings. The molecule has 1 saturated carbocycles. The minimum absolute atomic E-state index is 0.101. The van der Waals surface area contributed by atoms with E-state index in [0.717, 1.165) is 31.2 Å². The third-order valence-corrected chi connectivity index (χ3v) is 6.10. The number of ether oxygens (including phenoxy) is 2. The van der Waals surface area contributed by atoms with Gasteiger partial charge in [-0.15, -0.1) is 11.6 Å². The summed E-state index contributed by atoms with van der Waals surface area (Å²) in [5, 5.41) is 3.18. The number of aryl methyl sites for hydroxylation is 1. The Labute approximate surface area is 194 Å². The summed E-state index contributed by atoms with van der Waals surface area (Å²) in [6.07, 6.45) is 5.25. The van der Waals surface area contributed by atoms with Gasteiger partial charge in [-0.3, -0.25) is 14.5 Å². The molecule has 0 saturated heterocycles. The van der Waals surface area contributed by atoms with Crippen LogP contribution in [-0.4, -0.2) is 38.0 Å². The summed E-state index contributed by atoms with van der Waals surface area (Å²) in [6.45, 7) is 1.93. The molecule has 2 aromatic rings. The molecule has 0 aliphatic heterocycles. The maximum atomic E-state index is 13.7. The highest BCUT2D eigenvalue weighted by Crippen LogP contribution is 2.36. The monoisotopic (exact) mass is 458 g/mol. The van der Waals surface area contributed by atoms with Gasteiger partial charge in [-0.05, 0) is 55.2 Å². The van der Waals surface area contributed by atoms with Crippen LogP contribution in [-0.2, 0) is 9.59 Å². The molecule has 1 N–H and O–H groups in total. The topological polar surface area (TPSA) is 67.9 Å². The zero-order valence-electron chi connectivity index (χ0n) is 18.9. The van der Waals surface area contributed by atoms with Crippen LogP contribution in [0.2, 0.25) is 0 Å². The molecule has 1 unspecified atom stereocenters. The van der Waals surface area contributed by atoms with Gasteiger partial charge in [-0.25, -0.2) is 0 Å². The number of amides is 2. The summed E-state index contributed by atoms with van der Waals surface area (Å²) in [6, 6.07) is 11.9. The van der Waals surface area contributed by atoms with Crippen molar-refractivity contribution >= 4 is 29.1 Å². The van der Waals surface area contributed by atoms with E-state index in [-0.39, 0.29) is 23.7 Å². The van der Waals surface area contributed by atoms with Gasteiger partial charge in [0.2, 0.25) is 11.8 Å². The average Bonchev–Trinajstić information content (AvgIpc) is 2.82. The largest absolute Gasteiger partial charge is 0.497 e. The number of rotatable bonds is 8. The average molecular weight is 459 g/mol. The van der Waals surface area contributed by atoms with E-state index in [1.54, 1.807) is 44.6 Å². The lowest BCUT2D eigenvalue weighted by atomic mass is 9.94. The lowest BCUT2D eigenvalue weighted by molar-refractivity contribution is -0.126. The number of benzene rings is 2. The molecule has 2 aromatic carbocycles. The van der Waals surface area contributed by atoms with Crippen molar-refractivity contribution in [2.75, 3.05) is 25.0 Å². The fourth-order valence-electron chi connectivity index (χ4n) is 4.20. The number of nitrogens with zero attached hydrogens (tertiary/aromatic N) is 1. The van der Waals surface area contributed by atoms with Crippen LogP contribution in [0.15, 0.2) is 42.5 Å². The third-order valence-electron chi connectivity index (χ3n) is 5.87. The normalized spacial score (nSPS) is 15.0. The van der Waals surface area contributed by atoms with E-state index in [9.17, 15) is 9.59 Å². The molecule has 1 aliphatic carbocycles. The number of carbonyl (C=O) groups is 2. The highest BCUT2D eigenvalue weighted by molar-refractivity contribution is 6.30. The van der Waals surface area contributed by atoms with Crippen molar-refractivity contribution in [2.24, 2.45) is 0 Å². The van der Waals surface area contributed by atoms with Crippen molar-refractivity contribution in [3.05, 3.63) is 53.6 Å². The van der Waals surface area contributed by atoms with Crippen LogP contribution in [0.4, 0.5) is 5.69 Å². The van der Waals surface area contributed by atoms with Gasteiger partial charge in [-0.2, -0.15) is 0 Å². The minimum atomic E-state index is -0.898. The van der Waals surface area contributed by atoms with Gasteiger partial charge in [0, 0.05) is 6.04 Å². The molecule has 6 nitrogen and oxygen atoms in total. The Balaban J connectivity index is 2.09. The number of carbonyl (C=O) groups excluding carboxylic acids is 2. The number of anilines is 1. The van der Waals surface area contributed by atoms with E-state index < -0.39 is 6.04 Å². The summed E-state index contributed by atoms with van der Waals surface area (Å²) in [5.74, 6) is 0.293. The second-order valence-electron chi connectivity index (χ2n) is 8.09. The Morgan fingerprint density at radius 1 is 1.06 bits per heavy atom. The van der Waals surface area contributed by atoms with Gasteiger partial charge in [-0.1, -0.05) is 37.5 Å². The summed E-state index contributed by atoms with van der Waals surface area (Å²) in [7, 11) is 3.13. The molecule has 0 spiro atoms. The first kappa shape index (κ1) is 23.9. The zero-order chi connectivity index (χ0) is 23.1. The van der Waals surface area contributed by atoms with Crippen LogP contribution in [0, 0.1) is 6.92 Å². The fraction of sp³-hybridized carbons (Fsp3) is 0.440. The molecule has 7 heteroatoms. The van der Waals surface area contributed by atoms with E-state index in [2.05, 4.69) is 5.32 Å². The van der Waals surface area contributed by atoms with E-state index in [0.29, 0.717) is 22.7 Å². The predicted molar refractivity (Wildman–Crippen MR) is 127 cm³/mol. The molecule has 0 bridgehead atoms. The first-order valence-electron chi connectivity index (χ1n) is 11.0. The van der Waals surface area contributed by atoms with Gasteiger partial charge in [0.1, 0.15) is 23.4 Å². The summed E-state index contributed by atoms with van der Waals surface area (Å²) < 4.78 is 10.8. The number of alkyl halides is 1. The summed E-state index contributed by atoms with van der Waals surface area (Å²) in [5.41, 5.74) is 2.12. The molecule has 0 radical (unpaired) electrons. The van der Waals surface area contributed by atoms with Crippen molar-refractivity contribution in [3.8, 4) is 11.5 Å². The number of halogens is 1. The molecular weight excluding hydrogens is 428 g/mol. The smallest absolute Gasteiger partial charge is 0.248 e. The second-order valence-corrected chi connectivity index (χ2v) is 8.36. The number of hydrogen-bond acceptors (Lipinski definition) is 4. The Morgan fingerprint density at radius 3 is 2.34 bits per heavy atom. The van der Waals surface area contributed by atoms with Crippen LogP contribution in [0.3, 0.4) is 0 Å². The van der Waals surface area contributed by atoms with Crippen molar-refractivity contribution in [1.82, 2.24) is 5.32 Å². The standard InChI is InChI=1S/C25H31ClN2O4/c1-17-9-14-22(32-3)21(15-17)28(23(29)16-26)24(18-10-12-20(31-2)13-11-18)25(30)27-19-7-5-4-6-8-19/h9-15,19,24H,4-8,16H2,1-3H3,(H,27,30). The Hall–Kier alpha value is -2.73. The third kappa shape index (κ3) is 5.54. The van der Waals surface area contributed by atoms with Crippen LogP contribution in [0.5, 0.6) is 11.5 Å². The highest BCUT2D eigenvalue weighted by atomic mass is 35.5. The van der Waals surface area contributed by atoms with E-state index >= 15 is 0 Å². The van der Waals surface area contributed by atoms with E-state index in [1.165, 1.54) is 11.3 Å². The van der Waals surface area contributed by atoms with E-state index in [4.69, 9.17) is 21.1 Å². The molecule has 32 heavy (non-hydrogen) atoms. The maximum absolute atomic E-state index is 13.7. The molecule has 0 heterocycles. The van der Waals surface area contributed by atoms with Crippen molar-refractivity contribution in [2.45, 2.75) is 51.1 Å². The molecule has 172 valence electrons. The van der Waals surface area contributed by atoms with Crippen LogP contribution < -0.4 is 19.7 Å². The number of nitrogens with one attached hydrogen (secondary N) is 1. The predicted octanol–water partition coefficient (Wildman–Crippen LogP) is 4.77. The molecule has 2 amide bonds. The fourth-order valence-corrected chi connectivity index (χ4v) is 4.33. The Bertz CT molecular complexity index is 926. The van der Waals surface area contributed by atoms with Crippen LogP contribution in [0.1, 0.15) is 49.3 Å². The maximum Gasteiger partial charge on any atom is 0.248 e. The van der Waals surface area contributed by atoms with Gasteiger partial charge < -0.3 is 14.8 Å². The van der Waals surface area contributed by atoms with Crippen LogP contribution >= 0.6 is 11.6 Å². The molecule has 1 atom stereocenters. The lowest BCUT2D eigenvalue weighted by Gasteiger charge is -2.34. The molecule has 0 aromatic heterocycles. The van der Waals surface area contributed by atoms with E-state index in [1.807, 2.05) is 19.1 Å². The zero-order valence-corrected chi connectivity index (χ0v) is 19.7. The van der Waals surface area contributed by atoms with Crippen LogP contribution in [0.25, 0.3) is 0 Å². The van der Waals surface area contributed by atoms with Crippen molar-refractivity contribution < 1.29 is 19.1 Å². The lowest BCUT2D eigenvalue weighted by Crippen LogP contribution is -2.47. The van der Waals surface area contributed by atoms with Gasteiger partial charge in [0.25, 0.3) is 0 Å². The highest BCUT2D eigenvalue weighted by Gasteiger charge is 2.35.